The van der Waals surface area contributed by atoms with Crippen molar-refractivity contribution in [1.82, 2.24) is 4.98 Å². The zero-order chi connectivity index (χ0) is 14.7. The van der Waals surface area contributed by atoms with Crippen LogP contribution in [0.2, 0.25) is 0 Å². The van der Waals surface area contributed by atoms with Crippen LogP contribution < -0.4 is 0 Å². The molecule has 0 amide bonds. The van der Waals surface area contributed by atoms with Crippen LogP contribution in [0.5, 0.6) is 0 Å². The van der Waals surface area contributed by atoms with E-state index >= 15 is 0 Å². The van der Waals surface area contributed by atoms with Gasteiger partial charge in [-0.05, 0) is 33.3 Å². The molecular formula is C13H17NO5. The van der Waals surface area contributed by atoms with Crippen molar-refractivity contribution in [3.63, 3.8) is 0 Å². The van der Waals surface area contributed by atoms with Crippen molar-refractivity contribution in [2.45, 2.75) is 33.8 Å². The predicted molar refractivity (Wildman–Crippen MR) is 67.2 cm³/mol. The van der Waals surface area contributed by atoms with Gasteiger partial charge in [0.15, 0.2) is 11.9 Å². The number of H-pyrrole nitrogens is 1. The van der Waals surface area contributed by atoms with E-state index in [9.17, 15) is 14.4 Å². The van der Waals surface area contributed by atoms with Gasteiger partial charge in [0.2, 0.25) is 0 Å². The highest BCUT2D eigenvalue weighted by molar-refractivity contribution is 6.01. The molecule has 1 unspecified atom stereocenters. The first kappa shape index (κ1) is 14.9. The molecule has 19 heavy (non-hydrogen) atoms. The standard InChI is InChI=1S/C13H17NO5/c1-6-10(8(3)15)7(2)14-11(6)13(17)19-9(4)12(16)18-5/h9,14H,1-5H3. The van der Waals surface area contributed by atoms with Gasteiger partial charge < -0.3 is 14.5 Å². The number of nitrogens with one attached hydrogen (secondary N) is 1. The van der Waals surface area contributed by atoms with Crippen LogP contribution in [-0.2, 0) is 14.3 Å². The molecule has 0 radical (unpaired) electrons. The summed E-state index contributed by atoms with van der Waals surface area (Å²) in [5.74, 6) is -1.46. The number of Topliss-reactive ketones (excluding diaryl/α,β-unsaturated/α-hetero) is 1. The molecule has 1 atom stereocenters. The van der Waals surface area contributed by atoms with Gasteiger partial charge in [0.25, 0.3) is 0 Å². The van der Waals surface area contributed by atoms with Gasteiger partial charge in [-0.25, -0.2) is 9.59 Å². The normalized spacial score (nSPS) is 11.8. The summed E-state index contributed by atoms with van der Waals surface area (Å²) in [7, 11) is 1.21. The number of ketones is 1. The summed E-state index contributed by atoms with van der Waals surface area (Å²) in [4.78, 5) is 37.4. The van der Waals surface area contributed by atoms with Gasteiger partial charge in [0, 0.05) is 11.3 Å². The van der Waals surface area contributed by atoms with E-state index in [1.165, 1.54) is 21.0 Å². The maximum absolute atomic E-state index is 11.9. The lowest BCUT2D eigenvalue weighted by molar-refractivity contribution is -0.149. The van der Waals surface area contributed by atoms with E-state index in [-0.39, 0.29) is 11.5 Å². The van der Waals surface area contributed by atoms with Gasteiger partial charge in [0.1, 0.15) is 5.69 Å². The van der Waals surface area contributed by atoms with Gasteiger partial charge in [0.05, 0.1) is 7.11 Å². The van der Waals surface area contributed by atoms with Gasteiger partial charge in [-0.3, -0.25) is 4.79 Å². The van der Waals surface area contributed by atoms with Crippen molar-refractivity contribution >= 4 is 17.7 Å². The van der Waals surface area contributed by atoms with Gasteiger partial charge in [-0.2, -0.15) is 0 Å². The van der Waals surface area contributed by atoms with E-state index in [1.807, 2.05) is 0 Å². The van der Waals surface area contributed by atoms with Gasteiger partial charge in [-0.15, -0.1) is 0 Å². The lowest BCUT2D eigenvalue weighted by Gasteiger charge is -2.10. The van der Waals surface area contributed by atoms with Crippen LogP contribution in [0.4, 0.5) is 0 Å². The van der Waals surface area contributed by atoms with Crippen molar-refractivity contribution in [3.8, 4) is 0 Å². The van der Waals surface area contributed by atoms with Crippen LogP contribution in [0.1, 0.15) is 46.0 Å². The fraction of sp³-hybridized carbons (Fsp3) is 0.462. The van der Waals surface area contributed by atoms with Crippen molar-refractivity contribution in [3.05, 3.63) is 22.5 Å². The Hall–Kier alpha value is -2.11. The summed E-state index contributed by atoms with van der Waals surface area (Å²) >= 11 is 0. The molecule has 0 fully saturated rings. The average Bonchev–Trinajstić information content (AvgIpc) is 2.63. The van der Waals surface area contributed by atoms with Crippen molar-refractivity contribution < 1.29 is 23.9 Å². The van der Waals surface area contributed by atoms with E-state index in [0.29, 0.717) is 16.8 Å². The number of hydrogen-bond acceptors (Lipinski definition) is 5. The maximum Gasteiger partial charge on any atom is 0.355 e. The van der Waals surface area contributed by atoms with Crippen molar-refractivity contribution in [1.29, 1.82) is 0 Å². The Kier molecular flexibility index (Phi) is 4.47. The second-order valence-corrected chi connectivity index (χ2v) is 4.25. The first-order valence-electron chi connectivity index (χ1n) is 5.78. The highest BCUT2D eigenvalue weighted by atomic mass is 16.6. The molecule has 0 saturated heterocycles. The Balaban J connectivity index is 2.99. The molecule has 104 valence electrons. The van der Waals surface area contributed by atoms with E-state index in [4.69, 9.17) is 4.74 Å². The van der Waals surface area contributed by atoms with Crippen molar-refractivity contribution in [2.24, 2.45) is 0 Å². The van der Waals surface area contributed by atoms with Crippen LogP contribution in [0.3, 0.4) is 0 Å². The number of aromatic amines is 1. The van der Waals surface area contributed by atoms with E-state index in [2.05, 4.69) is 9.72 Å². The SMILES string of the molecule is COC(=O)C(C)OC(=O)c1[nH]c(C)c(C(C)=O)c1C. The van der Waals surface area contributed by atoms with Crippen molar-refractivity contribution in [2.75, 3.05) is 7.11 Å². The number of aromatic nitrogens is 1. The minimum absolute atomic E-state index is 0.133. The second-order valence-electron chi connectivity index (χ2n) is 4.25. The molecule has 1 heterocycles. The quantitative estimate of drug-likeness (QED) is 0.660. The predicted octanol–water partition coefficient (Wildman–Crippen LogP) is 1.55. The summed E-state index contributed by atoms with van der Waals surface area (Å²) < 4.78 is 9.43. The van der Waals surface area contributed by atoms with E-state index in [1.54, 1.807) is 13.8 Å². The first-order valence-corrected chi connectivity index (χ1v) is 5.78. The second kappa shape index (κ2) is 5.69. The Morgan fingerprint density at radius 3 is 2.21 bits per heavy atom. The Morgan fingerprint density at radius 2 is 1.79 bits per heavy atom. The Morgan fingerprint density at radius 1 is 1.21 bits per heavy atom. The lowest BCUT2D eigenvalue weighted by atomic mass is 10.1. The van der Waals surface area contributed by atoms with E-state index in [0.717, 1.165) is 0 Å². The molecule has 0 saturated carbocycles. The lowest BCUT2D eigenvalue weighted by Crippen LogP contribution is -2.25. The summed E-state index contributed by atoms with van der Waals surface area (Å²) in [6, 6.07) is 0. The van der Waals surface area contributed by atoms with Crippen LogP contribution >= 0.6 is 0 Å². The monoisotopic (exact) mass is 267 g/mol. The largest absolute Gasteiger partial charge is 0.466 e. The Labute approximate surface area is 111 Å². The number of carbonyl (C=O) groups is 3. The van der Waals surface area contributed by atoms with E-state index < -0.39 is 18.0 Å². The number of esters is 2. The van der Waals surface area contributed by atoms with Gasteiger partial charge in [-0.1, -0.05) is 0 Å². The third-order valence-corrected chi connectivity index (χ3v) is 2.81. The highest BCUT2D eigenvalue weighted by Crippen LogP contribution is 2.19. The molecular weight excluding hydrogens is 250 g/mol. The summed E-state index contributed by atoms with van der Waals surface area (Å²) in [5.41, 5.74) is 1.77. The zero-order valence-electron chi connectivity index (χ0n) is 11.6. The topological polar surface area (TPSA) is 85.5 Å². The molecule has 1 N–H and O–H groups in total. The molecule has 1 aromatic rings. The maximum atomic E-state index is 11.9. The number of hydrogen-bond donors (Lipinski definition) is 1. The van der Waals surface area contributed by atoms with Crippen LogP contribution in [0, 0.1) is 13.8 Å². The minimum atomic E-state index is -0.999. The number of carbonyl (C=O) groups excluding carboxylic acids is 3. The van der Waals surface area contributed by atoms with Crippen LogP contribution in [0.25, 0.3) is 0 Å². The van der Waals surface area contributed by atoms with Crippen LogP contribution in [-0.4, -0.2) is 35.9 Å². The van der Waals surface area contributed by atoms with Gasteiger partial charge >= 0.3 is 11.9 Å². The Bertz CT molecular complexity index is 529. The smallest absolute Gasteiger partial charge is 0.355 e. The number of ether oxygens (including phenoxy) is 2. The third kappa shape index (κ3) is 3.01. The molecule has 0 aliphatic rings. The zero-order valence-corrected chi connectivity index (χ0v) is 11.6. The number of aryl methyl sites for hydroxylation is 1. The minimum Gasteiger partial charge on any atom is -0.466 e. The molecule has 0 aliphatic heterocycles. The van der Waals surface area contributed by atoms with Crippen LogP contribution in [0.15, 0.2) is 0 Å². The number of methoxy groups -OCH3 is 1. The highest BCUT2D eigenvalue weighted by Gasteiger charge is 2.24. The molecule has 0 bridgehead atoms. The molecule has 6 heteroatoms. The molecule has 1 rings (SSSR count). The summed E-state index contributed by atoms with van der Waals surface area (Å²) in [6.07, 6.45) is -0.999. The molecule has 0 aliphatic carbocycles. The molecule has 6 nitrogen and oxygen atoms in total. The average molecular weight is 267 g/mol. The third-order valence-electron chi connectivity index (χ3n) is 2.81. The fourth-order valence-electron chi connectivity index (χ4n) is 1.92. The summed E-state index contributed by atoms with van der Waals surface area (Å²) in [5, 5.41) is 0. The molecule has 0 spiro atoms. The fourth-order valence-corrected chi connectivity index (χ4v) is 1.92. The molecule has 0 aromatic carbocycles. The summed E-state index contributed by atoms with van der Waals surface area (Å²) in [6.45, 7) is 6.19. The first-order chi connectivity index (χ1) is 8.79. The molecule has 1 aromatic heterocycles. The number of rotatable bonds is 4.